The second kappa shape index (κ2) is 6.60. The van der Waals surface area contributed by atoms with Crippen LogP contribution < -0.4 is 14.8 Å². The van der Waals surface area contributed by atoms with E-state index in [4.69, 9.17) is 9.47 Å². The fourth-order valence-corrected chi connectivity index (χ4v) is 3.12. The van der Waals surface area contributed by atoms with Gasteiger partial charge in [-0.05, 0) is 24.3 Å². The summed E-state index contributed by atoms with van der Waals surface area (Å²) in [6.07, 6.45) is 3.21. The fraction of sp³-hybridized carbons (Fsp3) is 0.150. The molecule has 0 bridgehead atoms. The second-order valence-electron chi connectivity index (χ2n) is 6.23. The molecule has 5 rings (SSSR count). The molecule has 0 fully saturated rings. The van der Waals surface area contributed by atoms with E-state index in [1.54, 1.807) is 17.2 Å². The summed E-state index contributed by atoms with van der Waals surface area (Å²) in [5, 5.41) is 8.67. The van der Waals surface area contributed by atoms with Crippen LogP contribution >= 0.6 is 0 Å². The predicted octanol–water partition coefficient (Wildman–Crippen LogP) is 3.07. The average Bonchev–Trinajstić information content (AvgIpc) is 3.17. The molecule has 0 amide bonds. The van der Waals surface area contributed by atoms with Crippen molar-refractivity contribution in [1.29, 1.82) is 0 Å². The number of hydrogen-bond acceptors (Lipinski definition) is 6. The van der Waals surface area contributed by atoms with Gasteiger partial charge < -0.3 is 14.8 Å². The fourth-order valence-electron chi connectivity index (χ4n) is 3.12. The van der Waals surface area contributed by atoms with E-state index >= 15 is 0 Å². The highest BCUT2D eigenvalue weighted by Gasteiger charge is 2.21. The summed E-state index contributed by atoms with van der Waals surface area (Å²) >= 11 is 0. The van der Waals surface area contributed by atoms with Crippen molar-refractivity contribution in [2.45, 2.75) is 6.10 Å². The number of para-hydroxylation sites is 3. The zero-order valence-electron chi connectivity index (χ0n) is 14.4. The highest BCUT2D eigenvalue weighted by Crippen LogP contribution is 2.31. The van der Waals surface area contributed by atoms with E-state index < -0.39 is 0 Å². The molecule has 1 aliphatic heterocycles. The van der Waals surface area contributed by atoms with Crippen molar-refractivity contribution in [2.24, 2.45) is 0 Å². The summed E-state index contributed by atoms with van der Waals surface area (Å²) in [6.45, 7) is 1.05. The van der Waals surface area contributed by atoms with E-state index in [1.165, 1.54) is 0 Å². The molecule has 0 spiro atoms. The van der Waals surface area contributed by atoms with Crippen LogP contribution in [0.4, 0.5) is 5.82 Å². The summed E-state index contributed by atoms with van der Waals surface area (Å²) in [5.41, 5.74) is 1.71. The van der Waals surface area contributed by atoms with Gasteiger partial charge in [-0.2, -0.15) is 5.10 Å². The first-order valence-corrected chi connectivity index (χ1v) is 8.75. The quantitative estimate of drug-likeness (QED) is 0.604. The Morgan fingerprint density at radius 3 is 2.70 bits per heavy atom. The van der Waals surface area contributed by atoms with E-state index in [-0.39, 0.29) is 6.10 Å². The molecule has 0 aliphatic carbocycles. The lowest BCUT2D eigenvalue weighted by molar-refractivity contribution is 0.0997. The van der Waals surface area contributed by atoms with Crippen LogP contribution in [0.2, 0.25) is 0 Å². The molecule has 2 aromatic heterocycles. The van der Waals surface area contributed by atoms with Gasteiger partial charge >= 0.3 is 0 Å². The molecule has 0 unspecified atom stereocenters. The van der Waals surface area contributed by atoms with Gasteiger partial charge in [-0.3, -0.25) is 0 Å². The molecular weight excluding hydrogens is 342 g/mol. The predicted molar refractivity (Wildman–Crippen MR) is 102 cm³/mol. The van der Waals surface area contributed by atoms with Gasteiger partial charge in [-0.15, -0.1) is 0 Å². The van der Waals surface area contributed by atoms with Crippen molar-refractivity contribution in [1.82, 2.24) is 19.7 Å². The zero-order valence-corrected chi connectivity index (χ0v) is 14.4. The topological polar surface area (TPSA) is 74.1 Å². The van der Waals surface area contributed by atoms with E-state index in [2.05, 4.69) is 20.4 Å². The van der Waals surface area contributed by atoms with Crippen LogP contribution in [0.5, 0.6) is 11.5 Å². The number of nitrogens with zero attached hydrogens (tertiary/aromatic N) is 4. The first-order valence-electron chi connectivity index (χ1n) is 8.75. The lowest BCUT2D eigenvalue weighted by Gasteiger charge is -2.26. The van der Waals surface area contributed by atoms with Gasteiger partial charge in [0.25, 0.3) is 0 Å². The van der Waals surface area contributed by atoms with Crippen molar-refractivity contribution in [3.8, 4) is 17.2 Å². The number of anilines is 1. The third-order valence-electron chi connectivity index (χ3n) is 4.43. The average molecular weight is 359 g/mol. The van der Waals surface area contributed by atoms with Crippen molar-refractivity contribution < 1.29 is 9.47 Å². The zero-order chi connectivity index (χ0) is 18.1. The molecule has 1 atom stereocenters. The van der Waals surface area contributed by atoms with Crippen LogP contribution in [0.1, 0.15) is 0 Å². The number of aromatic nitrogens is 4. The Balaban J connectivity index is 1.36. The number of fused-ring (bicyclic) bond motifs is 2. The Hall–Kier alpha value is -3.61. The number of hydrogen-bond donors (Lipinski definition) is 1. The lowest BCUT2D eigenvalue weighted by atomic mass is 10.2. The Morgan fingerprint density at radius 2 is 1.81 bits per heavy atom. The third-order valence-corrected chi connectivity index (χ3v) is 4.43. The minimum atomic E-state index is -0.103. The smallest absolute Gasteiger partial charge is 0.168 e. The standard InChI is InChI=1S/C20H17N5O2/c1-2-6-14(7-3-1)25-20-16(11-24-25)19(22-13-23-20)21-10-15-12-26-17-8-4-5-9-18(17)27-15/h1-9,11,13,15H,10,12H2,(H,21,22,23)/t15-/m0/s1. The maximum absolute atomic E-state index is 5.99. The normalized spacial score (nSPS) is 15.6. The van der Waals surface area contributed by atoms with E-state index in [0.717, 1.165) is 34.0 Å². The van der Waals surface area contributed by atoms with Crippen LogP contribution in [0, 0.1) is 0 Å². The molecule has 134 valence electrons. The molecule has 7 nitrogen and oxygen atoms in total. The highest BCUT2D eigenvalue weighted by molar-refractivity contribution is 5.87. The Bertz CT molecular complexity index is 1080. The highest BCUT2D eigenvalue weighted by atomic mass is 16.6. The molecule has 4 aromatic rings. The molecule has 2 aromatic carbocycles. The molecule has 3 heterocycles. The van der Waals surface area contributed by atoms with Crippen molar-refractivity contribution in [3.63, 3.8) is 0 Å². The van der Waals surface area contributed by atoms with Crippen LogP contribution in [0.15, 0.2) is 67.1 Å². The molecule has 1 N–H and O–H groups in total. The monoisotopic (exact) mass is 359 g/mol. The number of nitrogens with one attached hydrogen (secondary N) is 1. The van der Waals surface area contributed by atoms with Crippen molar-refractivity contribution >= 4 is 16.9 Å². The summed E-state index contributed by atoms with van der Waals surface area (Å²) in [4.78, 5) is 8.77. The second-order valence-corrected chi connectivity index (χ2v) is 6.23. The van der Waals surface area contributed by atoms with E-state index in [0.29, 0.717) is 13.2 Å². The molecule has 0 radical (unpaired) electrons. The van der Waals surface area contributed by atoms with E-state index in [9.17, 15) is 0 Å². The molecule has 27 heavy (non-hydrogen) atoms. The van der Waals surface area contributed by atoms with Gasteiger partial charge in [0.1, 0.15) is 24.9 Å². The van der Waals surface area contributed by atoms with Gasteiger partial charge in [0.15, 0.2) is 17.1 Å². The first kappa shape index (κ1) is 15.6. The van der Waals surface area contributed by atoms with Crippen LogP contribution in [0.3, 0.4) is 0 Å². The summed E-state index contributed by atoms with van der Waals surface area (Å²) in [6, 6.07) is 17.6. The largest absolute Gasteiger partial charge is 0.486 e. The summed E-state index contributed by atoms with van der Waals surface area (Å²) < 4.78 is 13.6. The van der Waals surface area contributed by atoms with Crippen LogP contribution in [-0.2, 0) is 0 Å². The van der Waals surface area contributed by atoms with Gasteiger partial charge in [0, 0.05) is 0 Å². The Morgan fingerprint density at radius 1 is 1.00 bits per heavy atom. The molecule has 1 aliphatic rings. The minimum Gasteiger partial charge on any atom is -0.486 e. The number of ether oxygens (including phenoxy) is 2. The van der Waals surface area contributed by atoms with Crippen LogP contribution in [-0.4, -0.2) is 39.0 Å². The SMILES string of the molecule is c1ccc(-n2ncc3c(NC[C@H]4COc5ccccc5O4)ncnc32)cc1. The summed E-state index contributed by atoms with van der Waals surface area (Å²) in [5.74, 6) is 2.27. The maximum Gasteiger partial charge on any atom is 0.168 e. The summed E-state index contributed by atoms with van der Waals surface area (Å²) in [7, 11) is 0. The van der Waals surface area contributed by atoms with Crippen molar-refractivity contribution in [2.75, 3.05) is 18.5 Å². The van der Waals surface area contributed by atoms with Crippen LogP contribution in [0.25, 0.3) is 16.7 Å². The Kier molecular flexibility index (Phi) is 3.82. The van der Waals surface area contributed by atoms with Gasteiger partial charge in [0.2, 0.25) is 0 Å². The molecule has 0 saturated carbocycles. The molecule has 7 heteroatoms. The number of benzene rings is 2. The van der Waals surface area contributed by atoms with Gasteiger partial charge in [0.05, 0.1) is 23.8 Å². The van der Waals surface area contributed by atoms with Gasteiger partial charge in [-0.25, -0.2) is 14.6 Å². The van der Waals surface area contributed by atoms with Gasteiger partial charge in [-0.1, -0.05) is 30.3 Å². The maximum atomic E-state index is 5.99. The first-order chi connectivity index (χ1) is 13.4. The van der Waals surface area contributed by atoms with E-state index in [1.807, 2.05) is 54.6 Å². The van der Waals surface area contributed by atoms with Crippen molar-refractivity contribution in [3.05, 3.63) is 67.1 Å². The lowest BCUT2D eigenvalue weighted by Crippen LogP contribution is -2.35. The Labute approximate surface area is 155 Å². The molecular formula is C20H17N5O2. The number of rotatable bonds is 4. The minimum absolute atomic E-state index is 0.103. The third kappa shape index (κ3) is 2.93. The molecule has 0 saturated heterocycles.